The minimum atomic E-state index is -4.54. The Bertz CT molecular complexity index is 893. The molecule has 0 aromatic carbocycles. The minimum Gasteiger partial charge on any atom is -0.477 e. The van der Waals surface area contributed by atoms with Crippen LogP contribution in [-0.2, 0) is 15.7 Å². The van der Waals surface area contributed by atoms with Crippen molar-refractivity contribution >= 4 is 23.3 Å². The molecule has 0 aliphatic carbocycles. The number of rotatable bonds is 7. The second kappa shape index (κ2) is 10.7. The molecule has 2 aliphatic heterocycles. The van der Waals surface area contributed by atoms with Crippen LogP contribution in [0.25, 0.3) is 0 Å². The molecular weight excluding hydrogens is 443 g/mol. The molecule has 2 aliphatic rings. The van der Waals surface area contributed by atoms with Crippen molar-refractivity contribution in [1.29, 1.82) is 10.8 Å². The average Bonchev–Trinajstić information content (AvgIpc) is 2.78. The highest BCUT2D eigenvalue weighted by Crippen LogP contribution is 2.28. The van der Waals surface area contributed by atoms with E-state index in [0.717, 1.165) is 25.5 Å². The number of nitrogens with zero attached hydrogens (tertiary/aromatic N) is 4. The summed E-state index contributed by atoms with van der Waals surface area (Å²) in [6.07, 6.45) is 1.32. The molecule has 0 amide bonds. The second-order valence-electron chi connectivity index (χ2n) is 7.89. The molecule has 2 fully saturated rings. The predicted octanol–water partition coefficient (Wildman–Crippen LogP) is 1.71. The lowest BCUT2D eigenvalue weighted by Gasteiger charge is -2.38. The third kappa shape index (κ3) is 7.22. The zero-order valence-corrected chi connectivity index (χ0v) is 17.8. The van der Waals surface area contributed by atoms with Gasteiger partial charge in [0.05, 0.1) is 31.1 Å². The number of aromatic nitrogens is 2. The lowest BCUT2D eigenvalue weighted by Crippen LogP contribution is -2.51. The molecule has 180 valence electrons. The summed E-state index contributed by atoms with van der Waals surface area (Å²) < 4.78 is 44.2. The van der Waals surface area contributed by atoms with Crippen LogP contribution in [0, 0.1) is 10.8 Å². The molecule has 4 N–H and O–H groups in total. The van der Waals surface area contributed by atoms with Crippen LogP contribution in [0.5, 0.6) is 0 Å². The quantitative estimate of drug-likeness (QED) is 0.350. The van der Waals surface area contributed by atoms with Crippen LogP contribution in [0.1, 0.15) is 18.5 Å². The first-order valence-electron chi connectivity index (χ1n) is 10.4. The molecule has 0 bridgehead atoms. The fourth-order valence-corrected chi connectivity index (χ4v) is 3.64. The van der Waals surface area contributed by atoms with Crippen molar-refractivity contribution in [3.05, 3.63) is 30.2 Å². The Kier molecular flexibility index (Phi) is 7.97. The molecule has 10 nitrogen and oxygen atoms in total. The number of amidine groups is 1. The van der Waals surface area contributed by atoms with Crippen LogP contribution in [0.2, 0.25) is 0 Å². The van der Waals surface area contributed by atoms with Crippen molar-refractivity contribution in [3.8, 4) is 0 Å². The van der Waals surface area contributed by atoms with Gasteiger partial charge in [-0.2, -0.15) is 13.2 Å². The van der Waals surface area contributed by atoms with Crippen LogP contribution in [-0.4, -0.2) is 93.9 Å². The standard InChI is InChI=1S/C20H26F3N7O3/c21-20(22,23)16-9-26-10-18(28-16)27-13-1-2-14(33-12-13)11-29-5-7-30(8-6-29)17(25)4-3-15(24)19(31)32/h3-4,9-10,13-14,24-25H,1-2,5-8,11-12H2,(H,27,28)(H,31,32)/b4-3-,24-15?,25-17?/t13-,14+/m1/s1. The van der Waals surface area contributed by atoms with Gasteiger partial charge < -0.3 is 20.1 Å². The number of carboxylic acid groups (broad SMARTS) is 1. The third-order valence-electron chi connectivity index (χ3n) is 5.46. The van der Waals surface area contributed by atoms with Crippen molar-refractivity contribution in [2.75, 3.05) is 44.6 Å². The third-order valence-corrected chi connectivity index (χ3v) is 5.46. The zero-order chi connectivity index (χ0) is 24.0. The number of carbonyl (C=O) groups is 1. The average molecular weight is 469 g/mol. The molecule has 0 radical (unpaired) electrons. The topological polar surface area (TPSA) is 139 Å². The zero-order valence-electron chi connectivity index (χ0n) is 17.8. The maximum atomic E-state index is 12.8. The van der Waals surface area contributed by atoms with E-state index in [1.165, 1.54) is 12.3 Å². The molecule has 2 atom stereocenters. The number of halogens is 3. The number of aliphatic carboxylic acids is 1. The summed E-state index contributed by atoms with van der Waals surface area (Å²) in [5.74, 6) is -1.10. The second-order valence-corrected chi connectivity index (χ2v) is 7.89. The summed E-state index contributed by atoms with van der Waals surface area (Å²) in [5, 5.41) is 26.9. The molecule has 0 unspecified atom stereocenters. The van der Waals surface area contributed by atoms with Gasteiger partial charge in [-0.15, -0.1) is 0 Å². The minimum absolute atomic E-state index is 0.0116. The number of nitrogens with one attached hydrogen (secondary N) is 3. The lowest BCUT2D eigenvalue weighted by molar-refractivity contribution is -0.141. The number of ether oxygens (including phenoxy) is 1. The van der Waals surface area contributed by atoms with E-state index in [1.807, 2.05) is 4.90 Å². The van der Waals surface area contributed by atoms with Crippen LogP contribution in [0.3, 0.4) is 0 Å². The van der Waals surface area contributed by atoms with Gasteiger partial charge in [-0.3, -0.25) is 20.7 Å². The van der Waals surface area contributed by atoms with E-state index in [1.54, 1.807) is 0 Å². The van der Waals surface area contributed by atoms with E-state index in [4.69, 9.17) is 20.7 Å². The Morgan fingerprint density at radius 2 is 1.94 bits per heavy atom. The first kappa shape index (κ1) is 24.6. The largest absolute Gasteiger partial charge is 0.477 e. The van der Waals surface area contributed by atoms with Crippen molar-refractivity contribution < 1.29 is 27.8 Å². The van der Waals surface area contributed by atoms with Crippen LogP contribution >= 0.6 is 0 Å². The first-order chi connectivity index (χ1) is 15.6. The van der Waals surface area contributed by atoms with E-state index in [0.29, 0.717) is 39.0 Å². The van der Waals surface area contributed by atoms with Gasteiger partial charge in [-0.25, -0.2) is 9.78 Å². The van der Waals surface area contributed by atoms with Crippen LogP contribution < -0.4 is 5.32 Å². The van der Waals surface area contributed by atoms with E-state index in [2.05, 4.69) is 20.2 Å². The highest BCUT2D eigenvalue weighted by atomic mass is 19.4. The normalized spacial score (nSPS) is 22.3. The Morgan fingerprint density at radius 3 is 2.55 bits per heavy atom. The fraction of sp³-hybridized carbons (Fsp3) is 0.550. The monoisotopic (exact) mass is 469 g/mol. The molecular formula is C20H26F3N7O3. The highest BCUT2D eigenvalue weighted by molar-refractivity contribution is 6.39. The van der Waals surface area contributed by atoms with Gasteiger partial charge in [0.25, 0.3) is 0 Å². The molecule has 33 heavy (non-hydrogen) atoms. The van der Waals surface area contributed by atoms with Gasteiger partial charge in [0.1, 0.15) is 17.4 Å². The number of hydrogen-bond donors (Lipinski definition) is 4. The summed E-state index contributed by atoms with van der Waals surface area (Å²) in [6, 6.07) is -0.146. The van der Waals surface area contributed by atoms with Gasteiger partial charge in [0.15, 0.2) is 5.69 Å². The van der Waals surface area contributed by atoms with Crippen LogP contribution in [0.15, 0.2) is 24.5 Å². The van der Waals surface area contributed by atoms with Crippen molar-refractivity contribution in [1.82, 2.24) is 19.8 Å². The Hall–Kier alpha value is -3.06. The molecule has 1 aromatic heterocycles. The van der Waals surface area contributed by atoms with E-state index in [9.17, 15) is 18.0 Å². The maximum absolute atomic E-state index is 12.8. The number of hydrogen-bond acceptors (Lipinski definition) is 8. The predicted molar refractivity (Wildman–Crippen MR) is 114 cm³/mol. The molecule has 2 saturated heterocycles. The SMILES string of the molecule is N=C(/C=C\C(=N)N1CCN(C[C@@H]2CC[C@@H](Nc3cncc(C(F)(F)F)n3)CO2)CC1)C(=O)O. The van der Waals surface area contributed by atoms with Gasteiger partial charge >= 0.3 is 12.1 Å². The maximum Gasteiger partial charge on any atom is 0.434 e. The molecule has 1 aromatic rings. The van der Waals surface area contributed by atoms with E-state index in [-0.39, 0.29) is 23.8 Å². The van der Waals surface area contributed by atoms with E-state index < -0.39 is 23.6 Å². The summed E-state index contributed by atoms with van der Waals surface area (Å²) in [6.45, 7) is 3.72. The molecule has 0 spiro atoms. The molecule has 3 heterocycles. The van der Waals surface area contributed by atoms with Gasteiger partial charge in [-0.1, -0.05) is 0 Å². The Balaban J connectivity index is 1.38. The molecule has 0 saturated carbocycles. The van der Waals surface area contributed by atoms with Crippen molar-refractivity contribution in [3.63, 3.8) is 0 Å². The van der Waals surface area contributed by atoms with Gasteiger partial charge in [0, 0.05) is 32.7 Å². The number of piperazine rings is 1. The highest BCUT2D eigenvalue weighted by Gasteiger charge is 2.33. The Labute approximate surface area is 188 Å². The smallest absolute Gasteiger partial charge is 0.434 e. The number of carboxylic acids is 1. The Morgan fingerprint density at radius 1 is 1.21 bits per heavy atom. The summed E-state index contributed by atoms with van der Waals surface area (Å²) >= 11 is 0. The van der Waals surface area contributed by atoms with Gasteiger partial charge in [0.2, 0.25) is 0 Å². The summed E-state index contributed by atoms with van der Waals surface area (Å²) in [7, 11) is 0. The van der Waals surface area contributed by atoms with E-state index >= 15 is 0 Å². The molecule has 3 rings (SSSR count). The number of alkyl halides is 3. The van der Waals surface area contributed by atoms with Crippen molar-refractivity contribution in [2.45, 2.75) is 31.2 Å². The van der Waals surface area contributed by atoms with Crippen LogP contribution in [0.4, 0.5) is 19.0 Å². The van der Waals surface area contributed by atoms with Crippen molar-refractivity contribution in [2.24, 2.45) is 0 Å². The lowest BCUT2D eigenvalue weighted by atomic mass is 10.0. The summed E-state index contributed by atoms with van der Waals surface area (Å²) in [5.41, 5.74) is -1.61. The summed E-state index contributed by atoms with van der Waals surface area (Å²) in [4.78, 5) is 21.9. The first-order valence-corrected chi connectivity index (χ1v) is 10.4. The van der Waals surface area contributed by atoms with Gasteiger partial charge in [-0.05, 0) is 25.0 Å². The number of anilines is 1. The fourth-order valence-electron chi connectivity index (χ4n) is 3.64. The molecule has 13 heteroatoms.